The Labute approximate surface area is 67.7 Å². The van der Waals surface area contributed by atoms with Crippen LogP contribution >= 0.6 is 0 Å². The summed E-state index contributed by atoms with van der Waals surface area (Å²) >= 11 is 0. The maximum Gasteiger partial charge on any atom is 0.326 e. The quantitative estimate of drug-likeness (QED) is 0.479. The Morgan fingerprint density at radius 3 is 2.25 bits per heavy atom. The third-order valence-electron chi connectivity index (χ3n) is 1.23. The van der Waals surface area contributed by atoms with E-state index in [0.717, 1.165) is 0 Å². The van der Waals surface area contributed by atoms with E-state index in [2.05, 4.69) is 16.8 Å². The molecule has 1 rings (SSSR count). The molecule has 0 saturated carbocycles. The second-order valence-corrected chi connectivity index (χ2v) is 1.95. The minimum absolute atomic E-state index is 0.0305. The molecule has 0 saturated heterocycles. The molecule has 2 N–H and O–H groups in total. The Kier molecular flexibility index (Phi) is 1.85. The maximum absolute atomic E-state index is 10.9. The van der Waals surface area contributed by atoms with Gasteiger partial charge in [-0.2, -0.15) is 0 Å². The number of nitrogens with one attached hydrogen (secondary N) is 2. The second kappa shape index (κ2) is 2.81. The summed E-state index contributed by atoms with van der Waals surface area (Å²) in [5, 5.41) is 0. The molecule has 1 heterocycles. The molecule has 0 aromatic carbocycles. The zero-order valence-corrected chi connectivity index (χ0v) is 5.97. The topological polar surface area (TPSA) is 65.7 Å². The van der Waals surface area contributed by atoms with Crippen LogP contribution in [0.2, 0.25) is 0 Å². The van der Waals surface area contributed by atoms with Crippen LogP contribution in [0.1, 0.15) is 11.3 Å². The first-order chi connectivity index (χ1) is 5.69. The van der Waals surface area contributed by atoms with Crippen LogP contribution in [0.3, 0.4) is 0 Å². The fourth-order valence-electron chi connectivity index (χ4n) is 0.732. The molecular weight excluding hydrogens is 156 g/mol. The van der Waals surface area contributed by atoms with Crippen molar-refractivity contribution in [1.82, 2.24) is 9.97 Å². The van der Waals surface area contributed by atoms with Gasteiger partial charge < -0.3 is 0 Å². The van der Waals surface area contributed by atoms with Gasteiger partial charge in [0.05, 0.1) is 0 Å². The zero-order valence-electron chi connectivity index (χ0n) is 5.97. The van der Waals surface area contributed by atoms with Crippen molar-refractivity contribution in [2.45, 2.75) is 0 Å². The van der Waals surface area contributed by atoms with Crippen molar-refractivity contribution in [3.8, 4) is 24.7 Å². The molecule has 0 unspecified atom stereocenters. The number of hydrogen-bond donors (Lipinski definition) is 2. The van der Waals surface area contributed by atoms with Gasteiger partial charge in [-0.15, -0.1) is 12.8 Å². The van der Waals surface area contributed by atoms with E-state index in [0.29, 0.717) is 0 Å². The van der Waals surface area contributed by atoms with E-state index in [1.807, 2.05) is 4.98 Å². The minimum atomic E-state index is -0.660. The number of aromatic amines is 2. The van der Waals surface area contributed by atoms with Crippen LogP contribution in [0.25, 0.3) is 0 Å². The molecule has 12 heavy (non-hydrogen) atoms. The largest absolute Gasteiger partial charge is 0.326 e. The van der Waals surface area contributed by atoms with Gasteiger partial charge in [-0.25, -0.2) is 4.79 Å². The highest BCUT2D eigenvalue weighted by Crippen LogP contribution is 1.90. The fraction of sp³-hybridized carbons (Fsp3) is 0. The van der Waals surface area contributed by atoms with Gasteiger partial charge in [-0.05, 0) is 0 Å². The fourth-order valence-corrected chi connectivity index (χ4v) is 0.732. The van der Waals surface area contributed by atoms with Gasteiger partial charge in [-0.3, -0.25) is 14.8 Å². The SMILES string of the molecule is C#Cc1[nH]c(=O)[nH]c(=O)c1C#C. The van der Waals surface area contributed by atoms with E-state index < -0.39 is 11.2 Å². The van der Waals surface area contributed by atoms with E-state index in [-0.39, 0.29) is 11.3 Å². The number of hydrogen-bond acceptors (Lipinski definition) is 2. The van der Waals surface area contributed by atoms with Gasteiger partial charge in [0.2, 0.25) is 0 Å². The van der Waals surface area contributed by atoms with Gasteiger partial charge in [0.25, 0.3) is 5.56 Å². The summed E-state index contributed by atoms with van der Waals surface area (Å²) in [4.78, 5) is 25.8. The highest BCUT2D eigenvalue weighted by Gasteiger charge is 2.02. The van der Waals surface area contributed by atoms with Crippen molar-refractivity contribution in [1.29, 1.82) is 0 Å². The van der Waals surface area contributed by atoms with E-state index in [1.165, 1.54) is 0 Å². The summed E-state index contributed by atoms with van der Waals surface area (Å²) in [5.41, 5.74) is -1.30. The first-order valence-electron chi connectivity index (χ1n) is 2.99. The molecule has 4 heteroatoms. The molecule has 58 valence electrons. The molecule has 0 fully saturated rings. The Hall–Kier alpha value is -2.20. The molecule has 0 radical (unpaired) electrons. The van der Waals surface area contributed by atoms with Crippen molar-refractivity contribution in [3.05, 3.63) is 32.1 Å². The minimum Gasteiger partial charge on any atom is -0.299 e. The number of H-pyrrole nitrogens is 2. The molecule has 0 aliphatic carbocycles. The third-order valence-corrected chi connectivity index (χ3v) is 1.23. The standard InChI is InChI=1S/C8H4N2O2/c1-3-5-6(4-2)9-8(12)10-7(5)11/h1-2H,(H2,9,10,11,12). The molecule has 0 spiro atoms. The van der Waals surface area contributed by atoms with Crippen LogP contribution in [0.15, 0.2) is 9.59 Å². The lowest BCUT2D eigenvalue weighted by molar-refractivity contribution is 1.01. The molecule has 0 amide bonds. The van der Waals surface area contributed by atoms with E-state index in [1.54, 1.807) is 0 Å². The smallest absolute Gasteiger partial charge is 0.299 e. The lowest BCUT2D eigenvalue weighted by Crippen LogP contribution is -2.25. The van der Waals surface area contributed by atoms with E-state index >= 15 is 0 Å². The number of rotatable bonds is 0. The Morgan fingerprint density at radius 2 is 1.75 bits per heavy atom. The molecule has 0 bridgehead atoms. The summed E-state index contributed by atoms with van der Waals surface area (Å²) < 4.78 is 0. The second-order valence-electron chi connectivity index (χ2n) is 1.95. The first-order valence-corrected chi connectivity index (χ1v) is 2.99. The average molecular weight is 160 g/mol. The summed E-state index contributed by atoms with van der Waals surface area (Å²) in [7, 11) is 0. The van der Waals surface area contributed by atoms with Gasteiger partial charge >= 0.3 is 5.69 Å². The van der Waals surface area contributed by atoms with Crippen molar-refractivity contribution in [2.24, 2.45) is 0 Å². The Balaban J connectivity index is 3.73. The monoisotopic (exact) mass is 160 g/mol. The van der Waals surface area contributed by atoms with E-state index in [9.17, 15) is 9.59 Å². The van der Waals surface area contributed by atoms with Gasteiger partial charge in [0.15, 0.2) is 0 Å². The van der Waals surface area contributed by atoms with Crippen molar-refractivity contribution in [2.75, 3.05) is 0 Å². The first kappa shape index (κ1) is 7.90. The van der Waals surface area contributed by atoms with Crippen LogP contribution in [0, 0.1) is 24.7 Å². The van der Waals surface area contributed by atoms with Crippen molar-refractivity contribution >= 4 is 0 Å². The van der Waals surface area contributed by atoms with Crippen molar-refractivity contribution < 1.29 is 0 Å². The summed E-state index contributed by atoms with van der Waals surface area (Å²) in [6.07, 6.45) is 9.99. The summed E-state index contributed by atoms with van der Waals surface area (Å²) in [6.45, 7) is 0. The zero-order chi connectivity index (χ0) is 9.14. The summed E-state index contributed by atoms with van der Waals surface area (Å²) in [6, 6.07) is 0. The lowest BCUT2D eigenvalue weighted by atomic mass is 10.2. The van der Waals surface area contributed by atoms with Crippen LogP contribution in [-0.4, -0.2) is 9.97 Å². The third kappa shape index (κ3) is 1.14. The maximum atomic E-state index is 10.9. The Morgan fingerprint density at radius 1 is 1.08 bits per heavy atom. The molecular formula is C8H4N2O2. The van der Waals surface area contributed by atoms with Crippen LogP contribution in [0.5, 0.6) is 0 Å². The normalized spacial score (nSPS) is 8.50. The molecule has 0 aliphatic rings. The molecule has 1 aromatic rings. The van der Waals surface area contributed by atoms with Crippen LogP contribution in [0.4, 0.5) is 0 Å². The predicted molar refractivity (Wildman–Crippen MR) is 43.6 cm³/mol. The van der Waals surface area contributed by atoms with Crippen LogP contribution < -0.4 is 11.2 Å². The van der Waals surface area contributed by atoms with Gasteiger partial charge in [0.1, 0.15) is 11.3 Å². The van der Waals surface area contributed by atoms with Gasteiger partial charge in [-0.1, -0.05) is 11.8 Å². The molecule has 0 atom stereocenters. The predicted octanol–water partition coefficient (Wildman–Crippen LogP) is -0.974. The average Bonchev–Trinajstić information content (AvgIpc) is 2.03. The molecule has 1 aromatic heterocycles. The number of aromatic nitrogens is 2. The summed E-state index contributed by atoms with van der Waals surface area (Å²) in [5.74, 6) is 4.20. The lowest BCUT2D eigenvalue weighted by Gasteiger charge is -1.92. The Bertz CT molecular complexity index is 494. The highest BCUT2D eigenvalue weighted by atomic mass is 16.2. The van der Waals surface area contributed by atoms with Crippen LogP contribution in [-0.2, 0) is 0 Å². The molecule has 0 aliphatic heterocycles. The highest BCUT2D eigenvalue weighted by molar-refractivity contribution is 5.41. The van der Waals surface area contributed by atoms with E-state index in [4.69, 9.17) is 12.8 Å². The number of terminal acetylenes is 2. The van der Waals surface area contributed by atoms with Crippen molar-refractivity contribution in [3.63, 3.8) is 0 Å². The van der Waals surface area contributed by atoms with Gasteiger partial charge in [0, 0.05) is 0 Å². The molecule has 4 nitrogen and oxygen atoms in total.